The molecule has 1 N–H and O–H groups in total. The number of halogens is 2. The van der Waals surface area contributed by atoms with Crippen LogP contribution in [0.15, 0.2) is 18.2 Å². The van der Waals surface area contributed by atoms with Crippen LogP contribution in [0.5, 0.6) is 0 Å². The van der Waals surface area contributed by atoms with Crippen molar-refractivity contribution < 1.29 is 23.8 Å². The first-order chi connectivity index (χ1) is 11.0. The minimum absolute atomic E-state index is 0.0759. The van der Waals surface area contributed by atoms with Gasteiger partial charge in [-0.2, -0.15) is 0 Å². The van der Waals surface area contributed by atoms with E-state index in [2.05, 4.69) is 0 Å². The molecule has 1 aromatic carbocycles. The molecular weight excluding hydrogens is 325 g/mol. The van der Waals surface area contributed by atoms with E-state index in [-0.39, 0.29) is 36.5 Å². The summed E-state index contributed by atoms with van der Waals surface area (Å²) in [5.41, 5.74) is 0.405. The number of morpholine rings is 1. The minimum atomic E-state index is -0.952. The van der Waals surface area contributed by atoms with Crippen molar-refractivity contribution in [3.8, 4) is 0 Å². The molecule has 1 saturated carbocycles. The maximum atomic E-state index is 13.9. The molecule has 124 valence electrons. The van der Waals surface area contributed by atoms with Crippen LogP contribution >= 0.6 is 11.6 Å². The van der Waals surface area contributed by atoms with E-state index in [4.69, 9.17) is 21.4 Å². The van der Waals surface area contributed by atoms with Crippen LogP contribution in [0.4, 0.5) is 4.39 Å². The van der Waals surface area contributed by atoms with Crippen LogP contribution in [0.1, 0.15) is 24.3 Å². The molecule has 2 fully saturated rings. The van der Waals surface area contributed by atoms with Crippen LogP contribution in [0, 0.1) is 11.7 Å². The van der Waals surface area contributed by atoms with Gasteiger partial charge in [-0.25, -0.2) is 4.39 Å². The molecule has 7 heteroatoms. The van der Waals surface area contributed by atoms with Crippen LogP contribution in [0.2, 0.25) is 5.02 Å². The highest BCUT2D eigenvalue weighted by molar-refractivity contribution is 6.31. The molecular formula is C16H17ClFNO4. The van der Waals surface area contributed by atoms with Crippen LogP contribution in [0.25, 0.3) is 0 Å². The van der Waals surface area contributed by atoms with Gasteiger partial charge in [0.25, 0.3) is 0 Å². The summed E-state index contributed by atoms with van der Waals surface area (Å²) < 4.78 is 19.3. The van der Waals surface area contributed by atoms with Gasteiger partial charge in [-0.15, -0.1) is 0 Å². The first kappa shape index (κ1) is 16.2. The summed E-state index contributed by atoms with van der Waals surface area (Å²) in [6, 6.07) is 4.51. The van der Waals surface area contributed by atoms with Gasteiger partial charge in [0, 0.05) is 35.5 Å². The molecule has 23 heavy (non-hydrogen) atoms. The molecule has 1 aliphatic heterocycles. The van der Waals surface area contributed by atoms with Gasteiger partial charge in [0.2, 0.25) is 5.91 Å². The Hall–Kier alpha value is -1.66. The number of amides is 1. The number of benzene rings is 1. The van der Waals surface area contributed by atoms with E-state index < -0.39 is 12.1 Å². The predicted octanol–water partition coefficient (Wildman–Crippen LogP) is 2.28. The third-order valence-corrected chi connectivity index (χ3v) is 4.66. The highest BCUT2D eigenvalue weighted by Crippen LogP contribution is 2.51. The fourth-order valence-corrected chi connectivity index (χ4v) is 3.43. The molecule has 1 amide bonds. The quantitative estimate of drug-likeness (QED) is 0.912. The van der Waals surface area contributed by atoms with Crippen LogP contribution < -0.4 is 0 Å². The van der Waals surface area contributed by atoms with Gasteiger partial charge in [0.1, 0.15) is 5.82 Å². The van der Waals surface area contributed by atoms with Gasteiger partial charge >= 0.3 is 5.97 Å². The number of carboxylic acid groups (broad SMARTS) is 1. The number of aliphatic carboxylic acids is 1. The van der Waals surface area contributed by atoms with Crippen molar-refractivity contribution in [1.29, 1.82) is 0 Å². The summed E-state index contributed by atoms with van der Waals surface area (Å²) in [5, 5.41) is 9.17. The SMILES string of the molecule is O=C(O)C[C@@H]1CN(C(=O)[C@H]2C[C@H]2c2c(F)cccc2Cl)CCO1. The number of carbonyl (C=O) groups is 2. The van der Waals surface area contributed by atoms with Crippen molar-refractivity contribution in [2.75, 3.05) is 19.7 Å². The van der Waals surface area contributed by atoms with E-state index >= 15 is 0 Å². The Labute approximate surface area is 138 Å². The van der Waals surface area contributed by atoms with Crippen LogP contribution in [0.3, 0.4) is 0 Å². The summed E-state index contributed by atoms with van der Waals surface area (Å²) in [7, 11) is 0. The Morgan fingerprint density at radius 2 is 2.22 bits per heavy atom. The maximum absolute atomic E-state index is 13.9. The Kier molecular flexibility index (Phi) is 4.55. The lowest BCUT2D eigenvalue weighted by atomic mass is 10.1. The molecule has 5 nitrogen and oxygen atoms in total. The molecule has 1 heterocycles. The second-order valence-electron chi connectivity index (χ2n) is 5.96. The first-order valence-corrected chi connectivity index (χ1v) is 7.91. The van der Waals surface area contributed by atoms with E-state index in [0.29, 0.717) is 30.2 Å². The molecule has 0 aromatic heterocycles. The van der Waals surface area contributed by atoms with E-state index in [1.54, 1.807) is 17.0 Å². The molecule has 0 unspecified atom stereocenters. The maximum Gasteiger partial charge on any atom is 0.306 e. The van der Waals surface area contributed by atoms with Crippen molar-refractivity contribution in [2.45, 2.75) is 24.9 Å². The molecule has 3 rings (SSSR count). The second kappa shape index (κ2) is 6.45. The molecule has 0 spiro atoms. The van der Waals surface area contributed by atoms with E-state index in [1.165, 1.54) is 6.07 Å². The summed E-state index contributed by atoms with van der Waals surface area (Å²) in [4.78, 5) is 24.9. The molecule has 1 aromatic rings. The average Bonchev–Trinajstić information content (AvgIpc) is 3.26. The normalized spacial score (nSPS) is 26.9. The summed E-state index contributed by atoms with van der Waals surface area (Å²) in [6.45, 7) is 1.02. The van der Waals surface area contributed by atoms with Crippen LogP contribution in [-0.4, -0.2) is 47.7 Å². The van der Waals surface area contributed by atoms with Gasteiger partial charge in [-0.3, -0.25) is 9.59 Å². The number of nitrogens with zero attached hydrogens (tertiary/aromatic N) is 1. The molecule has 0 bridgehead atoms. The van der Waals surface area contributed by atoms with Crippen molar-refractivity contribution in [3.63, 3.8) is 0 Å². The number of rotatable bonds is 4. The highest BCUT2D eigenvalue weighted by atomic mass is 35.5. The molecule has 0 radical (unpaired) electrons. The van der Waals surface area contributed by atoms with Crippen molar-refractivity contribution in [2.24, 2.45) is 5.92 Å². The topological polar surface area (TPSA) is 66.8 Å². The Bertz CT molecular complexity index is 618. The fraction of sp³-hybridized carbons (Fsp3) is 0.500. The Morgan fingerprint density at radius 3 is 2.91 bits per heavy atom. The summed E-state index contributed by atoms with van der Waals surface area (Å²) >= 11 is 6.05. The van der Waals surface area contributed by atoms with Crippen molar-refractivity contribution in [3.05, 3.63) is 34.6 Å². The van der Waals surface area contributed by atoms with Gasteiger partial charge in [0.05, 0.1) is 19.1 Å². The monoisotopic (exact) mass is 341 g/mol. The zero-order valence-corrected chi connectivity index (χ0v) is 13.1. The number of carboxylic acids is 1. The zero-order valence-electron chi connectivity index (χ0n) is 12.4. The third-order valence-electron chi connectivity index (χ3n) is 4.33. The highest BCUT2D eigenvalue weighted by Gasteiger charge is 2.48. The lowest BCUT2D eigenvalue weighted by molar-refractivity contribution is -0.148. The smallest absolute Gasteiger partial charge is 0.306 e. The number of ether oxygens (including phenoxy) is 1. The van der Waals surface area contributed by atoms with E-state index in [1.807, 2.05) is 0 Å². The molecule has 1 aliphatic carbocycles. The second-order valence-corrected chi connectivity index (χ2v) is 6.37. The summed E-state index contributed by atoms with van der Waals surface area (Å²) in [5.74, 6) is -1.90. The standard InChI is InChI=1S/C16H17ClFNO4/c17-12-2-1-3-13(18)15(12)10-7-11(10)16(22)19-4-5-23-9(8-19)6-14(20)21/h1-3,9-11H,4-8H2,(H,20,21)/t9-,10-,11+/m1/s1. The Morgan fingerprint density at radius 1 is 1.43 bits per heavy atom. The van der Waals surface area contributed by atoms with Crippen LogP contribution in [-0.2, 0) is 14.3 Å². The van der Waals surface area contributed by atoms with Gasteiger partial charge in [0.15, 0.2) is 0 Å². The van der Waals surface area contributed by atoms with Crippen molar-refractivity contribution in [1.82, 2.24) is 4.90 Å². The van der Waals surface area contributed by atoms with E-state index in [9.17, 15) is 14.0 Å². The third kappa shape index (κ3) is 3.48. The van der Waals surface area contributed by atoms with Gasteiger partial charge in [-0.05, 0) is 18.6 Å². The zero-order chi connectivity index (χ0) is 16.6. The van der Waals surface area contributed by atoms with Gasteiger partial charge in [-0.1, -0.05) is 17.7 Å². The van der Waals surface area contributed by atoms with Crippen molar-refractivity contribution >= 4 is 23.5 Å². The lowest BCUT2D eigenvalue weighted by Crippen LogP contribution is -2.47. The number of hydrogen-bond acceptors (Lipinski definition) is 3. The Balaban J connectivity index is 1.65. The fourth-order valence-electron chi connectivity index (χ4n) is 3.12. The molecule has 2 aliphatic rings. The predicted molar refractivity (Wildman–Crippen MR) is 80.8 cm³/mol. The van der Waals surface area contributed by atoms with E-state index in [0.717, 1.165) is 0 Å². The largest absolute Gasteiger partial charge is 0.481 e. The minimum Gasteiger partial charge on any atom is -0.481 e. The number of hydrogen-bond donors (Lipinski definition) is 1. The average molecular weight is 342 g/mol. The molecule has 1 saturated heterocycles. The first-order valence-electron chi connectivity index (χ1n) is 7.53. The number of carbonyl (C=O) groups excluding carboxylic acids is 1. The molecule has 3 atom stereocenters. The van der Waals surface area contributed by atoms with Gasteiger partial charge < -0.3 is 14.7 Å². The lowest BCUT2D eigenvalue weighted by Gasteiger charge is -2.32. The summed E-state index contributed by atoms with van der Waals surface area (Å²) in [6.07, 6.45) is -0.0447.